The van der Waals surface area contributed by atoms with Crippen LogP contribution in [-0.2, 0) is 20.8 Å². The molecule has 0 aromatic carbocycles. The molecule has 8 rings (SSSR count). The molecule has 0 radical (unpaired) electrons. The number of tetrazole rings is 1. The highest BCUT2D eigenvalue weighted by Gasteiger charge is 2.78. The molecule has 40 heavy (non-hydrogen) atoms. The number of hydrazone groups is 1. The van der Waals surface area contributed by atoms with Crippen LogP contribution in [0.1, 0.15) is 17.4 Å². The summed E-state index contributed by atoms with van der Waals surface area (Å²) in [5.41, 5.74) is -0.334. The summed E-state index contributed by atoms with van der Waals surface area (Å²) in [6.45, 7) is 0. The Morgan fingerprint density at radius 1 is 1.02 bits per heavy atom. The summed E-state index contributed by atoms with van der Waals surface area (Å²) in [6.07, 6.45) is 7.64. The summed E-state index contributed by atoms with van der Waals surface area (Å²) in [5, 5.41) is 43.9. The Balaban J connectivity index is 1.48. The second-order valence-corrected chi connectivity index (χ2v) is 8.92. The maximum Gasteiger partial charge on any atom is 0.281 e. The lowest BCUT2D eigenvalue weighted by Gasteiger charge is -2.40. The van der Waals surface area contributed by atoms with E-state index in [9.17, 15) is 0 Å². The molecule has 8 heterocycles. The zero-order valence-electron chi connectivity index (χ0n) is 19.8. The van der Waals surface area contributed by atoms with E-state index in [1.165, 1.54) is 40.5 Å². The van der Waals surface area contributed by atoms with E-state index in [-0.39, 0.29) is 23.4 Å². The van der Waals surface area contributed by atoms with Crippen molar-refractivity contribution in [2.75, 3.05) is 15.4 Å². The average Bonchev–Trinajstić information content (AvgIpc) is 3.85. The van der Waals surface area contributed by atoms with Gasteiger partial charge in [0.2, 0.25) is 28.9 Å². The zero-order valence-corrected chi connectivity index (χ0v) is 20.6. The highest BCUT2D eigenvalue weighted by atomic mass is 32.1. The normalized spacial score (nSPS) is 22.5. The van der Waals surface area contributed by atoms with Crippen LogP contribution in [0.4, 0.5) is 17.5 Å². The van der Waals surface area contributed by atoms with Gasteiger partial charge in [-0.2, -0.15) is 30.5 Å². The van der Waals surface area contributed by atoms with Crippen molar-refractivity contribution in [1.29, 1.82) is 0 Å². The second kappa shape index (κ2) is 8.34. The Hall–Kier alpha value is -5.83. The van der Waals surface area contributed by atoms with Crippen LogP contribution >= 0.6 is 11.5 Å². The Morgan fingerprint density at radius 3 is 2.73 bits per heavy atom. The van der Waals surface area contributed by atoms with Gasteiger partial charge >= 0.3 is 0 Å². The van der Waals surface area contributed by atoms with E-state index in [0.717, 1.165) is 0 Å². The third-order valence-corrected chi connectivity index (χ3v) is 6.84. The maximum absolute atomic E-state index is 6.80. The first kappa shape index (κ1) is 22.2. The second-order valence-electron chi connectivity index (χ2n) is 8.25. The number of anilines is 3. The summed E-state index contributed by atoms with van der Waals surface area (Å²) in [4.78, 5) is 20.9. The van der Waals surface area contributed by atoms with Crippen molar-refractivity contribution in [2.45, 2.75) is 11.1 Å². The van der Waals surface area contributed by atoms with Crippen molar-refractivity contribution in [2.24, 2.45) is 5.10 Å². The van der Waals surface area contributed by atoms with Crippen LogP contribution < -0.4 is 20.9 Å². The Morgan fingerprint density at radius 2 is 2.02 bits per heavy atom. The first-order valence-corrected chi connectivity index (χ1v) is 12.3. The highest BCUT2D eigenvalue weighted by Crippen LogP contribution is 2.58. The summed E-state index contributed by atoms with van der Waals surface area (Å²) >= 11 is 1.25. The number of oxazole rings is 1. The van der Waals surface area contributed by atoms with Gasteiger partial charge in [0.05, 0.1) is 18.1 Å². The van der Waals surface area contributed by atoms with Crippen LogP contribution in [0.25, 0.3) is 0 Å². The molecular formula is C19H15N17O3S. The molecular weight excluding hydrogens is 546 g/mol. The quantitative estimate of drug-likeness (QED) is 0.174. The zero-order chi connectivity index (χ0) is 26.6. The molecule has 2 aliphatic rings. The molecule has 1 fully saturated rings. The molecule has 0 aliphatic carbocycles. The summed E-state index contributed by atoms with van der Waals surface area (Å²) in [5.74, 6) is 1.30. The van der Waals surface area contributed by atoms with E-state index in [0.29, 0.717) is 17.3 Å². The molecule has 6 aromatic rings. The Bertz CT molecular complexity index is 1670. The largest absolute Gasteiger partial charge is 0.445 e. The monoisotopic (exact) mass is 561 g/mol. The lowest BCUT2D eigenvalue weighted by molar-refractivity contribution is -0.0352. The molecule has 0 spiro atoms. The van der Waals surface area contributed by atoms with Crippen LogP contribution in [-0.4, -0.2) is 66.5 Å². The topological polar surface area (TPSA) is 232 Å². The molecule has 0 amide bonds. The van der Waals surface area contributed by atoms with E-state index in [4.69, 9.17) is 14.1 Å². The van der Waals surface area contributed by atoms with Crippen LogP contribution in [0.3, 0.4) is 0 Å². The smallest absolute Gasteiger partial charge is 0.281 e. The number of nitrogens with zero attached hydrogens (tertiary/aromatic N) is 12. The van der Waals surface area contributed by atoms with Crippen LogP contribution in [0.2, 0.25) is 0 Å². The van der Waals surface area contributed by atoms with Gasteiger partial charge in [-0.25, -0.2) is 14.8 Å². The minimum absolute atomic E-state index is 0.0190. The number of aromatic nitrogens is 12. The minimum Gasteiger partial charge on any atom is -0.445 e. The first-order valence-electron chi connectivity index (χ1n) is 11.5. The van der Waals surface area contributed by atoms with E-state index < -0.39 is 11.1 Å². The average molecular weight is 562 g/mol. The fraction of sp³-hybridized carbons (Fsp3) is 0.105. The van der Waals surface area contributed by atoms with Crippen LogP contribution in [0.5, 0.6) is 0 Å². The van der Waals surface area contributed by atoms with Crippen LogP contribution in [0, 0.1) is 0 Å². The lowest BCUT2D eigenvalue weighted by Crippen LogP contribution is -2.62. The van der Waals surface area contributed by atoms with Gasteiger partial charge in [-0.15, -0.1) is 25.6 Å². The molecule has 0 bridgehead atoms. The van der Waals surface area contributed by atoms with Crippen molar-refractivity contribution < 1.29 is 14.1 Å². The van der Waals surface area contributed by atoms with Gasteiger partial charge < -0.3 is 14.2 Å². The summed E-state index contributed by atoms with van der Waals surface area (Å²) in [7, 11) is 0. The highest BCUT2D eigenvalue weighted by molar-refractivity contribution is 7.03. The van der Waals surface area contributed by atoms with E-state index in [1.54, 1.807) is 34.9 Å². The fourth-order valence-corrected chi connectivity index (χ4v) is 5.27. The van der Waals surface area contributed by atoms with Crippen molar-refractivity contribution in [3.8, 4) is 0 Å². The molecule has 20 nitrogen and oxygen atoms in total. The summed E-state index contributed by atoms with van der Waals surface area (Å²) in [6, 6.07) is 7.10. The Labute approximate surface area is 225 Å². The van der Waals surface area contributed by atoms with Crippen molar-refractivity contribution >= 4 is 34.9 Å². The number of hydrazine groups is 2. The van der Waals surface area contributed by atoms with E-state index in [1.807, 2.05) is 12.1 Å². The predicted octanol–water partition coefficient (Wildman–Crippen LogP) is 0.0959. The Kier molecular flexibility index (Phi) is 4.62. The van der Waals surface area contributed by atoms with E-state index >= 15 is 0 Å². The van der Waals surface area contributed by atoms with Crippen molar-refractivity contribution in [1.82, 2.24) is 66.1 Å². The number of aromatic amines is 4. The maximum atomic E-state index is 6.80. The number of nitrogens with one attached hydrogen (secondary N) is 5. The molecule has 5 N–H and O–H groups in total. The number of rotatable bonds is 7. The third-order valence-electron chi connectivity index (χ3n) is 6.29. The van der Waals surface area contributed by atoms with Crippen LogP contribution in [0.15, 0.2) is 70.2 Å². The number of hydrogen-bond donors (Lipinski definition) is 5. The van der Waals surface area contributed by atoms with Gasteiger partial charge in [0.1, 0.15) is 12.1 Å². The van der Waals surface area contributed by atoms with Gasteiger partial charge in [-0.3, -0.25) is 5.10 Å². The van der Waals surface area contributed by atoms with Gasteiger partial charge in [-0.05, 0) is 35.8 Å². The van der Waals surface area contributed by atoms with Gasteiger partial charge in [0.25, 0.3) is 11.5 Å². The van der Waals surface area contributed by atoms with Gasteiger partial charge in [-0.1, -0.05) is 10.4 Å². The SMILES string of the molecule is c1c[nH]c(N2N(c3cn[nH]n3)OC(c3nn[nH]n3)(c3ncco3)C2(C2=NNN(c3ccsn3)O2)c2ccn[nH]2)c1. The third kappa shape index (κ3) is 2.83. The molecule has 2 aliphatic heterocycles. The van der Waals surface area contributed by atoms with Crippen molar-refractivity contribution in [3.05, 3.63) is 78.1 Å². The van der Waals surface area contributed by atoms with Gasteiger partial charge in [0.15, 0.2) is 0 Å². The standard InChI is InChI=1S/C19H15N17O3S/c1-2-12(20-5-1)34-18(11-3-6-22-24-11,16-28-33-35(38-16)13-4-9-40-29-13)19(15-26-31-32-27-15,17-21-7-8-37-17)39-36(34)14-10-23-30-25-14/h1-10,20,33H,(H,22,24)(H,23,25,30)(H,26,27,31,32). The molecule has 21 heteroatoms. The minimum atomic E-state index is -1.89. The van der Waals surface area contributed by atoms with Gasteiger partial charge in [0, 0.05) is 17.8 Å². The fourth-order valence-electron chi connectivity index (χ4n) is 4.78. The molecule has 0 saturated carbocycles. The number of hydrogen-bond acceptors (Lipinski definition) is 17. The molecule has 2 unspecified atom stereocenters. The molecule has 200 valence electrons. The van der Waals surface area contributed by atoms with Crippen molar-refractivity contribution in [3.63, 3.8) is 0 Å². The number of H-pyrrole nitrogens is 4. The molecule has 6 aromatic heterocycles. The van der Waals surface area contributed by atoms with E-state index in [2.05, 4.69) is 71.2 Å². The lowest BCUT2D eigenvalue weighted by atomic mass is 9.75. The first-order chi connectivity index (χ1) is 19.8. The molecule has 1 saturated heterocycles. The molecule has 2 atom stereocenters. The predicted molar refractivity (Wildman–Crippen MR) is 131 cm³/mol. The summed E-state index contributed by atoms with van der Waals surface area (Å²) < 4.78 is 10.3.